The number of carbonyl (C=O) groups is 1. The summed E-state index contributed by atoms with van der Waals surface area (Å²) in [5.41, 5.74) is -0.313. The fraction of sp³-hybridized carbons (Fsp3) is 0.833. The van der Waals surface area contributed by atoms with Gasteiger partial charge >= 0.3 is 0 Å². The van der Waals surface area contributed by atoms with Crippen LogP contribution in [0, 0.1) is 17.3 Å². The van der Waals surface area contributed by atoms with Crippen LogP contribution in [0.1, 0.15) is 38.5 Å². The number of anilines is 1. The van der Waals surface area contributed by atoms with Gasteiger partial charge in [0.1, 0.15) is 0 Å². The van der Waals surface area contributed by atoms with Crippen LogP contribution in [0.3, 0.4) is 0 Å². The molecule has 4 bridgehead atoms. The summed E-state index contributed by atoms with van der Waals surface area (Å²) in [5, 5.41) is 16.2. The van der Waals surface area contributed by atoms with Gasteiger partial charge in [-0.1, -0.05) is 5.10 Å². The van der Waals surface area contributed by atoms with Gasteiger partial charge < -0.3 is 0 Å². The largest absolute Gasteiger partial charge is 0.291 e. The Morgan fingerprint density at radius 2 is 2.05 bits per heavy atom. The second kappa shape index (κ2) is 3.69. The number of hydrogen-bond donors (Lipinski definition) is 2. The molecular formula is C12H16ClN5O. The van der Waals surface area contributed by atoms with Crippen molar-refractivity contribution in [3.8, 4) is 0 Å². The summed E-state index contributed by atoms with van der Waals surface area (Å²) in [6.07, 6.45) is 6.10. The molecule has 1 heterocycles. The van der Waals surface area contributed by atoms with Crippen LogP contribution < -0.4 is 5.32 Å². The Bertz CT molecular complexity index is 502. The lowest BCUT2D eigenvalue weighted by atomic mass is 9.49. The Morgan fingerprint density at radius 3 is 2.63 bits per heavy atom. The summed E-state index contributed by atoms with van der Waals surface area (Å²) < 4.78 is 0. The van der Waals surface area contributed by atoms with E-state index < -0.39 is 0 Å². The number of carbonyl (C=O) groups excluding carboxylic acids is 1. The molecule has 2 atom stereocenters. The Hall–Kier alpha value is -1.17. The summed E-state index contributed by atoms with van der Waals surface area (Å²) in [6, 6.07) is 0. The number of nitrogens with one attached hydrogen (secondary N) is 2. The van der Waals surface area contributed by atoms with E-state index in [1.165, 1.54) is 6.42 Å². The third kappa shape index (κ3) is 1.76. The molecule has 19 heavy (non-hydrogen) atoms. The number of tetrazole rings is 1. The number of aromatic amines is 1. The smallest absolute Gasteiger partial charge is 0.269 e. The van der Waals surface area contributed by atoms with Crippen molar-refractivity contribution in [2.24, 2.45) is 17.3 Å². The summed E-state index contributed by atoms with van der Waals surface area (Å²) >= 11 is 6.72. The Labute approximate surface area is 115 Å². The van der Waals surface area contributed by atoms with Crippen LogP contribution in [0.2, 0.25) is 0 Å². The number of aromatic nitrogens is 4. The van der Waals surface area contributed by atoms with E-state index in [-0.39, 0.29) is 22.1 Å². The lowest BCUT2D eigenvalue weighted by Crippen LogP contribution is -2.57. The summed E-state index contributed by atoms with van der Waals surface area (Å²) in [5.74, 6) is 1.49. The number of amides is 1. The van der Waals surface area contributed by atoms with Gasteiger partial charge in [-0.2, -0.15) is 5.21 Å². The van der Waals surface area contributed by atoms with Crippen LogP contribution in [-0.2, 0) is 4.79 Å². The minimum absolute atomic E-state index is 0.0213. The molecule has 0 spiro atoms. The first-order valence-corrected chi connectivity index (χ1v) is 7.19. The summed E-state index contributed by atoms with van der Waals surface area (Å²) in [6.45, 7) is 0. The number of H-pyrrole nitrogens is 1. The summed E-state index contributed by atoms with van der Waals surface area (Å²) in [4.78, 5) is 12.5. The van der Waals surface area contributed by atoms with E-state index in [4.69, 9.17) is 11.6 Å². The SMILES string of the molecule is O=C(Nc1nn[nH]n1)C12C[C@H]3C[C@@H](CC(Cl)(C3)C1)C2. The molecule has 1 aromatic rings. The number of hydrogen-bond acceptors (Lipinski definition) is 4. The van der Waals surface area contributed by atoms with E-state index in [0.29, 0.717) is 11.8 Å². The highest BCUT2D eigenvalue weighted by Crippen LogP contribution is 2.63. The molecule has 1 aromatic heterocycles. The van der Waals surface area contributed by atoms with Gasteiger partial charge in [0.25, 0.3) is 5.95 Å². The first-order valence-electron chi connectivity index (χ1n) is 6.81. The second-order valence-electron chi connectivity index (χ2n) is 6.58. The Kier molecular flexibility index (Phi) is 2.26. The van der Waals surface area contributed by atoms with Gasteiger partial charge in [0, 0.05) is 4.87 Å². The van der Waals surface area contributed by atoms with Crippen LogP contribution >= 0.6 is 11.6 Å². The molecule has 2 N–H and O–H groups in total. The maximum atomic E-state index is 12.6. The number of rotatable bonds is 2. The van der Waals surface area contributed by atoms with Gasteiger partial charge in [-0.15, -0.1) is 16.7 Å². The van der Waals surface area contributed by atoms with Crippen molar-refractivity contribution in [1.29, 1.82) is 0 Å². The Morgan fingerprint density at radius 1 is 1.32 bits per heavy atom. The minimum Gasteiger partial charge on any atom is -0.291 e. The fourth-order valence-corrected chi connectivity index (χ4v) is 5.56. The van der Waals surface area contributed by atoms with Crippen LogP contribution in [0.15, 0.2) is 0 Å². The highest BCUT2D eigenvalue weighted by atomic mass is 35.5. The van der Waals surface area contributed by atoms with Gasteiger partial charge in [-0.3, -0.25) is 10.1 Å². The topological polar surface area (TPSA) is 83.6 Å². The minimum atomic E-state index is -0.313. The van der Waals surface area contributed by atoms with Crippen molar-refractivity contribution < 1.29 is 4.79 Å². The molecule has 102 valence electrons. The second-order valence-corrected chi connectivity index (χ2v) is 7.38. The maximum Gasteiger partial charge on any atom is 0.269 e. The summed E-state index contributed by atoms with van der Waals surface area (Å²) in [7, 11) is 0. The van der Waals surface area contributed by atoms with Gasteiger partial charge in [-0.25, -0.2) is 0 Å². The van der Waals surface area contributed by atoms with Crippen molar-refractivity contribution in [3.05, 3.63) is 0 Å². The van der Waals surface area contributed by atoms with Crippen molar-refractivity contribution in [1.82, 2.24) is 20.6 Å². The zero-order valence-electron chi connectivity index (χ0n) is 10.5. The van der Waals surface area contributed by atoms with Crippen LogP contribution in [-0.4, -0.2) is 31.4 Å². The van der Waals surface area contributed by atoms with Gasteiger partial charge in [0.2, 0.25) is 5.91 Å². The van der Waals surface area contributed by atoms with Crippen molar-refractivity contribution in [3.63, 3.8) is 0 Å². The lowest BCUT2D eigenvalue weighted by Gasteiger charge is -2.58. The van der Waals surface area contributed by atoms with Gasteiger partial charge in [-0.05, 0) is 55.6 Å². The van der Waals surface area contributed by atoms with Gasteiger partial charge in [0.15, 0.2) is 0 Å². The molecule has 0 aliphatic heterocycles. The van der Waals surface area contributed by atoms with E-state index in [9.17, 15) is 4.79 Å². The number of halogens is 1. The average Bonchev–Trinajstić information content (AvgIpc) is 2.78. The number of alkyl halides is 1. The number of nitrogens with zero attached hydrogens (tertiary/aromatic N) is 3. The molecule has 0 radical (unpaired) electrons. The third-order valence-corrected chi connectivity index (χ3v) is 5.48. The molecule has 5 rings (SSSR count). The average molecular weight is 282 g/mol. The molecule has 7 heteroatoms. The van der Waals surface area contributed by atoms with E-state index in [0.717, 1.165) is 32.1 Å². The molecular weight excluding hydrogens is 266 g/mol. The van der Waals surface area contributed by atoms with Crippen LogP contribution in [0.4, 0.5) is 5.95 Å². The van der Waals surface area contributed by atoms with E-state index in [1.807, 2.05) is 0 Å². The fourth-order valence-electron chi connectivity index (χ4n) is 4.87. The first-order chi connectivity index (χ1) is 9.07. The van der Waals surface area contributed by atoms with Crippen molar-refractivity contribution in [2.75, 3.05) is 5.32 Å². The highest BCUT2D eigenvalue weighted by molar-refractivity contribution is 6.24. The van der Waals surface area contributed by atoms with E-state index in [1.54, 1.807) is 0 Å². The maximum absolute atomic E-state index is 12.6. The van der Waals surface area contributed by atoms with Crippen molar-refractivity contribution >= 4 is 23.5 Å². The standard InChI is InChI=1S/C12H16ClN5O/c13-12-4-7-1-8(5-12)3-11(2-7,6-12)9(19)14-10-15-17-18-16-10/h7-8H,1-6H2,(H2,14,15,16,17,18,19)/t7-,8-,11?,12?/m1/s1. The highest BCUT2D eigenvalue weighted by Gasteiger charge is 2.60. The predicted octanol–water partition coefficient (Wildman–Crippen LogP) is 1.72. The monoisotopic (exact) mass is 281 g/mol. The van der Waals surface area contributed by atoms with E-state index >= 15 is 0 Å². The lowest BCUT2D eigenvalue weighted by molar-refractivity contribution is -0.138. The first kappa shape index (κ1) is 11.6. The molecule has 4 aliphatic rings. The molecule has 4 fully saturated rings. The zero-order valence-corrected chi connectivity index (χ0v) is 11.3. The Balaban J connectivity index is 1.61. The molecule has 6 nitrogen and oxygen atoms in total. The normalized spacial score (nSPS) is 43.4. The molecule has 4 saturated carbocycles. The molecule has 0 unspecified atom stereocenters. The predicted molar refractivity (Wildman–Crippen MR) is 68.5 cm³/mol. The molecule has 4 aliphatic carbocycles. The molecule has 0 saturated heterocycles. The third-order valence-electron chi connectivity index (χ3n) is 5.04. The quantitative estimate of drug-likeness (QED) is 0.809. The van der Waals surface area contributed by atoms with E-state index in [2.05, 4.69) is 25.9 Å². The van der Waals surface area contributed by atoms with Crippen LogP contribution in [0.25, 0.3) is 0 Å². The molecule has 0 aromatic carbocycles. The molecule has 1 amide bonds. The van der Waals surface area contributed by atoms with Crippen LogP contribution in [0.5, 0.6) is 0 Å². The zero-order chi connectivity index (χ0) is 13.1. The van der Waals surface area contributed by atoms with Crippen molar-refractivity contribution in [2.45, 2.75) is 43.4 Å². The van der Waals surface area contributed by atoms with Gasteiger partial charge in [0.05, 0.1) is 5.41 Å².